The van der Waals surface area contributed by atoms with E-state index < -0.39 is 12.0 Å². The van der Waals surface area contributed by atoms with Crippen LogP contribution in [0.5, 0.6) is 0 Å². The summed E-state index contributed by atoms with van der Waals surface area (Å²) in [6.07, 6.45) is -2.70. The van der Waals surface area contributed by atoms with E-state index >= 15 is 0 Å². The second-order valence-corrected chi connectivity index (χ2v) is 5.14. The number of hydrogen-bond acceptors (Lipinski definition) is 6. The van der Waals surface area contributed by atoms with Gasteiger partial charge in [-0.3, -0.25) is 0 Å². The summed E-state index contributed by atoms with van der Waals surface area (Å²) in [5.74, 6) is -1.14. The van der Waals surface area contributed by atoms with E-state index in [2.05, 4.69) is 14.7 Å². The molecular formula is C8H12F3N3OS2. The minimum Gasteiger partial charge on any atom is -0.395 e. The molecule has 4 nitrogen and oxygen atoms in total. The van der Waals surface area contributed by atoms with Crippen LogP contribution >= 0.6 is 23.3 Å². The van der Waals surface area contributed by atoms with Crippen LogP contribution in [0.3, 0.4) is 0 Å². The van der Waals surface area contributed by atoms with Crippen molar-refractivity contribution in [3.05, 3.63) is 5.82 Å². The molecule has 1 heterocycles. The van der Waals surface area contributed by atoms with Crippen LogP contribution in [0.25, 0.3) is 0 Å². The lowest BCUT2D eigenvalue weighted by Gasteiger charge is -2.20. The Morgan fingerprint density at radius 3 is 2.59 bits per heavy atom. The molecule has 98 valence electrons. The summed E-state index contributed by atoms with van der Waals surface area (Å²) >= 11 is 2.09. The number of aliphatic hydroxyl groups is 1. The largest absolute Gasteiger partial charge is 0.452 e. The molecule has 0 bridgehead atoms. The quantitative estimate of drug-likeness (QED) is 0.868. The second-order valence-electron chi connectivity index (χ2n) is 3.31. The Hall–Kier alpha value is -0.540. The maximum atomic E-state index is 12.2. The van der Waals surface area contributed by atoms with Crippen LogP contribution in [0.1, 0.15) is 12.7 Å². The number of nitrogens with zero attached hydrogens (tertiary/aromatic N) is 2. The summed E-state index contributed by atoms with van der Waals surface area (Å²) in [7, 11) is 0. The van der Waals surface area contributed by atoms with Gasteiger partial charge in [-0.2, -0.15) is 34.3 Å². The molecule has 0 amide bonds. The highest BCUT2D eigenvalue weighted by atomic mass is 32.2. The second kappa shape index (κ2) is 5.87. The summed E-state index contributed by atoms with van der Waals surface area (Å²) in [6.45, 7) is 1.71. The summed E-state index contributed by atoms with van der Waals surface area (Å²) in [6, 6.07) is -0.191. The maximum Gasteiger partial charge on any atom is 0.452 e. The number of rotatable bonds is 5. The van der Waals surface area contributed by atoms with Crippen LogP contribution in [0.2, 0.25) is 0 Å². The summed E-state index contributed by atoms with van der Waals surface area (Å²) in [5, 5.41) is 11.8. The first-order valence-electron chi connectivity index (χ1n) is 4.69. The minimum absolute atomic E-state index is 0.0553. The van der Waals surface area contributed by atoms with Crippen molar-refractivity contribution in [2.24, 2.45) is 0 Å². The summed E-state index contributed by atoms with van der Waals surface area (Å²) in [4.78, 5) is 3.35. The van der Waals surface area contributed by atoms with Gasteiger partial charge < -0.3 is 10.4 Å². The zero-order valence-corrected chi connectivity index (χ0v) is 10.8. The lowest BCUT2D eigenvalue weighted by molar-refractivity contribution is -0.144. The van der Waals surface area contributed by atoms with Gasteiger partial charge in [0.2, 0.25) is 11.0 Å². The average molecular weight is 287 g/mol. The Kier molecular flexibility index (Phi) is 5.02. The fourth-order valence-corrected chi connectivity index (χ4v) is 2.43. The molecule has 0 spiro atoms. The summed E-state index contributed by atoms with van der Waals surface area (Å²) < 4.78 is 39.9. The van der Waals surface area contributed by atoms with E-state index in [0.717, 1.165) is 0 Å². The van der Waals surface area contributed by atoms with Crippen LogP contribution < -0.4 is 5.32 Å². The first-order valence-corrected chi connectivity index (χ1v) is 6.75. The molecule has 9 heteroatoms. The predicted molar refractivity (Wildman–Crippen MR) is 62.4 cm³/mol. The molecule has 0 aliphatic rings. The Bertz CT molecular complexity index is 354. The van der Waals surface area contributed by atoms with Crippen LogP contribution in [0.15, 0.2) is 0 Å². The topological polar surface area (TPSA) is 58.0 Å². The van der Waals surface area contributed by atoms with E-state index in [0.29, 0.717) is 11.5 Å². The number of thioether (sulfide) groups is 1. The van der Waals surface area contributed by atoms with Gasteiger partial charge in [-0.15, -0.1) is 0 Å². The average Bonchev–Trinajstić information content (AvgIpc) is 2.67. The Morgan fingerprint density at radius 2 is 2.18 bits per heavy atom. The van der Waals surface area contributed by atoms with E-state index in [-0.39, 0.29) is 23.0 Å². The number of halogens is 3. The van der Waals surface area contributed by atoms with Gasteiger partial charge in [0, 0.05) is 22.8 Å². The van der Waals surface area contributed by atoms with Crippen molar-refractivity contribution in [1.29, 1.82) is 0 Å². The number of anilines is 1. The summed E-state index contributed by atoms with van der Waals surface area (Å²) in [5.41, 5.74) is 0. The molecule has 2 atom stereocenters. The van der Waals surface area contributed by atoms with Gasteiger partial charge in [0.25, 0.3) is 0 Å². The highest BCUT2D eigenvalue weighted by molar-refractivity contribution is 7.99. The van der Waals surface area contributed by atoms with Crippen LogP contribution in [0.4, 0.5) is 18.3 Å². The molecule has 0 aromatic carbocycles. The van der Waals surface area contributed by atoms with Gasteiger partial charge in [-0.05, 0) is 13.2 Å². The molecule has 2 unspecified atom stereocenters. The van der Waals surface area contributed by atoms with E-state index in [9.17, 15) is 13.2 Å². The minimum atomic E-state index is -4.52. The third-order valence-corrected chi connectivity index (χ3v) is 3.88. The zero-order valence-electron chi connectivity index (χ0n) is 9.15. The number of aromatic nitrogens is 2. The van der Waals surface area contributed by atoms with Crippen molar-refractivity contribution in [2.45, 2.75) is 24.4 Å². The van der Waals surface area contributed by atoms with Crippen molar-refractivity contribution < 1.29 is 18.3 Å². The smallest absolute Gasteiger partial charge is 0.395 e. The number of alkyl halides is 3. The van der Waals surface area contributed by atoms with Crippen molar-refractivity contribution in [3.63, 3.8) is 0 Å². The van der Waals surface area contributed by atoms with E-state index in [1.807, 2.05) is 6.26 Å². The predicted octanol–water partition coefficient (Wildman–Crippen LogP) is 2.08. The molecular weight excluding hydrogens is 275 g/mol. The van der Waals surface area contributed by atoms with E-state index in [4.69, 9.17) is 5.11 Å². The molecule has 0 fully saturated rings. The fraction of sp³-hybridized carbons (Fsp3) is 0.750. The molecule has 0 radical (unpaired) electrons. The third-order valence-electron chi connectivity index (χ3n) is 2.07. The fourth-order valence-electron chi connectivity index (χ4n) is 1.12. The zero-order chi connectivity index (χ0) is 13.1. The maximum absolute atomic E-state index is 12.2. The van der Waals surface area contributed by atoms with Crippen molar-refractivity contribution in [1.82, 2.24) is 9.36 Å². The van der Waals surface area contributed by atoms with Crippen molar-refractivity contribution in [3.8, 4) is 0 Å². The number of hydrogen-bond donors (Lipinski definition) is 2. The van der Waals surface area contributed by atoms with Gasteiger partial charge in [-0.25, -0.2) is 0 Å². The van der Waals surface area contributed by atoms with Gasteiger partial charge in [0.15, 0.2) is 0 Å². The van der Waals surface area contributed by atoms with E-state index in [1.165, 1.54) is 11.8 Å². The lowest BCUT2D eigenvalue weighted by Crippen LogP contribution is -2.30. The van der Waals surface area contributed by atoms with Gasteiger partial charge in [-0.1, -0.05) is 0 Å². The monoisotopic (exact) mass is 287 g/mol. The highest BCUT2D eigenvalue weighted by Crippen LogP contribution is 2.29. The Labute approximate surface area is 105 Å². The Balaban J connectivity index is 2.66. The van der Waals surface area contributed by atoms with Gasteiger partial charge >= 0.3 is 6.18 Å². The van der Waals surface area contributed by atoms with Gasteiger partial charge in [0.1, 0.15) is 0 Å². The molecule has 0 saturated carbocycles. The molecule has 1 aromatic rings. The molecule has 17 heavy (non-hydrogen) atoms. The highest BCUT2D eigenvalue weighted by Gasteiger charge is 2.36. The molecule has 0 aliphatic heterocycles. The third kappa shape index (κ3) is 4.00. The molecule has 1 aromatic heterocycles. The molecule has 2 N–H and O–H groups in total. The SMILES string of the molecule is CSC(CO)C(C)Nc1nc(C(F)(F)F)ns1. The lowest BCUT2D eigenvalue weighted by atomic mass is 10.2. The molecule has 1 rings (SSSR count). The van der Waals surface area contributed by atoms with Gasteiger partial charge in [0.05, 0.1) is 6.61 Å². The van der Waals surface area contributed by atoms with Crippen molar-refractivity contribution in [2.75, 3.05) is 18.2 Å². The molecule has 0 aliphatic carbocycles. The van der Waals surface area contributed by atoms with Crippen molar-refractivity contribution >= 4 is 28.4 Å². The first kappa shape index (κ1) is 14.5. The Morgan fingerprint density at radius 1 is 1.53 bits per heavy atom. The van der Waals surface area contributed by atoms with Crippen LogP contribution in [-0.4, -0.2) is 38.6 Å². The molecule has 0 saturated heterocycles. The standard InChI is InChI=1S/C8H12F3N3OS2/c1-4(5(3-15)16-2)12-7-13-6(14-17-7)8(9,10)11/h4-5,15H,3H2,1-2H3,(H,12,13,14). The number of nitrogens with one attached hydrogen (secondary N) is 1. The van der Waals surface area contributed by atoms with E-state index in [1.54, 1.807) is 6.92 Å². The normalized spacial score (nSPS) is 15.6. The number of aliphatic hydroxyl groups excluding tert-OH is 1. The van der Waals surface area contributed by atoms with Crippen LogP contribution in [0, 0.1) is 0 Å². The van der Waals surface area contributed by atoms with Crippen LogP contribution in [-0.2, 0) is 6.18 Å². The first-order chi connectivity index (χ1) is 7.88.